The summed E-state index contributed by atoms with van der Waals surface area (Å²) in [6.45, 7) is 7.26. The fraction of sp³-hybridized carbons (Fsp3) is 0.100. The van der Waals surface area contributed by atoms with Crippen LogP contribution in [0.4, 0.5) is 87.6 Å². The number of rotatable bonds is 23. The van der Waals surface area contributed by atoms with E-state index in [-0.39, 0.29) is 67.6 Å². The number of halogens is 7. The summed E-state index contributed by atoms with van der Waals surface area (Å²) in [5.74, 6) is -9.07. The first kappa shape index (κ1) is 90.9. The van der Waals surface area contributed by atoms with Gasteiger partial charge in [-0.25, -0.2) is 54.7 Å². The van der Waals surface area contributed by atoms with E-state index in [0.29, 0.717) is 91.3 Å². The van der Waals surface area contributed by atoms with Crippen LogP contribution in [0.2, 0.25) is 0 Å². The van der Waals surface area contributed by atoms with E-state index in [1.807, 2.05) is 56.3 Å². The molecule has 2 saturated carbocycles. The predicted molar refractivity (Wildman–Crippen MR) is 481 cm³/mol. The molecule has 0 saturated heterocycles. The van der Waals surface area contributed by atoms with Gasteiger partial charge in [-0.2, -0.15) is 0 Å². The number of hydrogen-bond donors (Lipinski definition) is 11. The maximum absolute atomic E-state index is 13.9. The van der Waals surface area contributed by atoms with Gasteiger partial charge in [0.15, 0.2) is 11.6 Å². The Labute approximate surface area is 739 Å². The molecule has 1 amide bonds. The summed E-state index contributed by atoms with van der Waals surface area (Å²) in [4.78, 5) is 93.8. The minimum atomic E-state index is -1.06. The summed E-state index contributed by atoms with van der Waals surface area (Å²) in [5.41, 5.74) is 14.4. The minimum Gasteiger partial charge on any atom is -0.478 e. The molecule has 0 atom stereocenters. The Morgan fingerprint density at radius 1 is 0.308 bits per heavy atom. The van der Waals surface area contributed by atoms with Gasteiger partial charge >= 0.3 is 29.8 Å². The Morgan fingerprint density at radius 2 is 0.677 bits per heavy atom. The third kappa shape index (κ3) is 24.0. The highest BCUT2D eigenvalue weighted by Gasteiger charge is 2.27. The van der Waals surface area contributed by atoms with E-state index >= 15 is 0 Å². The van der Waals surface area contributed by atoms with Crippen LogP contribution in [0.5, 0.6) is 0 Å². The summed E-state index contributed by atoms with van der Waals surface area (Å²) in [7, 11) is 0. The first-order valence-corrected chi connectivity index (χ1v) is 40.2. The number of carboxylic acid groups (broad SMARTS) is 5. The van der Waals surface area contributed by atoms with Crippen molar-refractivity contribution in [2.45, 2.75) is 65.3 Å². The average Bonchev–Trinajstić information content (AvgIpc) is 1.67. The van der Waals surface area contributed by atoms with Gasteiger partial charge in [0.05, 0.1) is 162 Å². The SMILES string of the molecule is Cc1ccc(Nc2ccc(-c3c(F)cncc3F)nc2)c(C(=O)O)c1.Cc1ccc(Nc2ccc(-c3cc(F)ccc3F)nc2)c(C(=O)O)c1.Cc1ccc(Nc2ccc(-c3ccc(F)cc3F)nc2)c(C(=O)O)c1.Cc1ccc(Nc2ccc(-c3cccc(C(=O)NC4CC4)c3)nc2)c(C(=O)O)c1.O=C(O)c1cc(C2CC2)ccc1Nc1ccc(-c2ccccc2F)nc1. The number of nitrogens with one attached hydrogen (secondary N) is 6. The molecule has 17 rings (SSSR count). The number of carbonyl (C=O) groups is 6. The van der Waals surface area contributed by atoms with Crippen LogP contribution >= 0.6 is 0 Å². The highest BCUT2D eigenvalue weighted by molar-refractivity contribution is 5.99. The molecular weight excluding hydrogens is 1680 g/mol. The van der Waals surface area contributed by atoms with Crippen molar-refractivity contribution in [3.63, 3.8) is 0 Å². The van der Waals surface area contributed by atoms with E-state index in [0.717, 1.165) is 107 Å². The maximum atomic E-state index is 13.9. The van der Waals surface area contributed by atoms with E-state index in [1.165, 1.54) is 42.9 Å². The van der Waals surface area contributed by atoms with Crippen molar-refractivity contribution in [2.75, 3.05) is 26.6 Å². The zero-order valence-electron chi connectivity index (χ0n) is 69.6. The van der Waals surface area contributed by atoms with Gasteiger partial charge in [-0.15, -0.1) is 0 Å². The molecule has 2 aliphatic carbocycles. The van der Waals surface area contributed by atoms with E-state index in [4.69, 9.17) is 0 Å². The standard InChI is InChI=1S/C23H21N3O3.C21H17FN2O2.2C19H14F2N2O2.C18H13F2N3O2/c1-14-5-9-21(19(11-14)23(28)29)25-18-8-10-20(24-13-18)15-3-2-4-16(12-15)22(27)26-17-6-7-17;22-18-4-2-1-3-16(18)19-10-8-15(12-23-19)24-20-9-7-14(13-5-6-13)11-17(20)21(25)26;1-11-2-6-18(15(8-11)19(24)25)23-13-4-7-17(22-10-13)14-9-12(20)3-5-16(14)21;1-11-2-6-18(15(8-11)19(24)25)23-13-4-7-17(22-10-13)14-5-3-12(20)9-16(14)21;1-10-2-4-15(12(6-10)18(24)25)23-11-3-5-16(22-7-11)17-13(19)8-21-9-14(17)20/h2-5,8-13,17,25H,6-7H2,1H3,(H,26,27)(H,28,29);1-4,7-13,24H,5-6H2,(H,25,26);2*2-10,23H,1H3,(H,24,25);2-9,23H,1H3,(H,24,25). The van der Waals surface area contributed by atoms with Crippen LogP contribution in [0.3, 0.4) is 0 Å². The van der Waals surface area contributed by atoms with Crippen LogP contribution in [0.25, 0.3) is 56.3 Å². The zero-order chi connectivity index (χ0) is 92.4. The number of nitrogens with zero attached hydrogens (tertiary/aromatic N) is 6. The van der Waals surface area contributed by atoms with Crippen molar-refractivity contribution in [3.8, 4) is 56.3 Å². The number of carboxylic acids is 5. The number of pyridine rings is 6. The molecule has 30 heteroatoms. The monoisotopic (exact) mass is 1760 g/mol. The zero-order valence-corrected chi connectivity index (χ0v) is 69.6. The third-order valence-corrected chi connectivity index (χ3v) is 20.2. The van der Waals surface area contributed by atoms with E-state index in [9.17, 15) is 85.0 Å². The lowest BCUT2D eigenvalue weighted by Gasteiger charge is -2.12. The van der Waals surface area contributed by atoms with Crippen LogP contribution in [0, 0.1) is 68.4 Å². The van der Waals surface area contributed by atoms with Gasteiger partial charge in [-0.05, 0) is 241 Å². The van der Waals surface area contributed by atoms with Crippen molar-refractivity contribution >= 4 is 92.6 Å². The molecule has 23 nitrogen and oxygen atoms in total. The summed E-state index contributed by atoms with van der Waals surface area (Å²) >= 11 is 0. The lowest BCUT2D eigenvalue weighted by atomic mass is 10.0. The first-order valence-electron chi connectivity index (χ1n) is 40.2. The molecule has 6 heterocycles. The normalized spacial score (nSPS) is 11.7. The number of carbonyl (C=O) groups excluding carboxylic acids is 1. The van der Waals surface area contributed by atoms with Crippen molar-refractivity contribution in [2.24, 2.45) is 0 Å². The third-order valence-electron chi connectivity index (χ3n) is 20.2. The topological polar surface area (TPSA) is 353 Å². The van der Waals surface area contributed by atoms with E-state index < -0.39 is 64.7 Å². The van der Waals surface area contributed by atoms with E-state index in [1.54, 1.807) is 166 Å². The van der Waals surface area contributed by atoms with Gasteiger partial charge in [-0.3, -0.25) is 34.7 Å². The number of aromatic carboxylic acids is 5. The van der Waals surface area contributed by atoms with Gasteiger partial charge in [0.25, 0.3) is 5.91 Å². The second kappa shape index (κ2) is 41.3. The summed E-state index contributed by atoms with van der Waals surface area (Å²) < 4.78 is 95.2. The molecule has 9 aromatic carbocycles. The molecule has 0 unspecified atom stereocenters. The number of aryl methyl sites for hydroxylation is 4. The van der Waals surface area contributed by atoms with Crippen LogP contribution < -0.4 is 31.9 Å². The van der Waals surface area contributed by atoms with Gasteiger partial charge < -0.3 is 57.4 Å². The summed E-state index contributed by atoms with van der Waals surface area (Å²) in [6, 6.07) is 62.9. The average molecular weight is 1760 g/mol. The number of anilines is 10. The van der Waals surface area contributed by atoms with Crippen molar-refractivity contribution in [3.05, 3.63) is 382 Å². The number of amides is 1. The Balaban J connectivity index is 0.000000139. The second-order valence-electron chi connectivity index (χ2n) is 30.1. The molecule has 15 aromatic rings. The van der Waals surface area contributed by atoms with Gasteiger partial charge in [0.1, 0.15) is 29.1 Å². The van der Waals surface area contributed by atoms with Gasteiger partial charge in [0.2, 0.25) is 0 Å². The smallest absolute Gasteiger partial charge is 0.337 e. The number of hydrogen-bond acceptors (Lipinski definition) is 17. The van der Waals surface area contributed by atoms with E-state index in [2.05, 4.69) is 61.8 Å². The molecule has 0 spiro atoms. The summed E-state index contributed by atoms with van der Waals surface area (Å²) in [6.07, 6.45) is 13.7. The molecule has 0 bridgehead atoms. The molecule has 654 valence electrons. The highest BCUT2D eigenvalue weighted by Crippen LogP contribution is 2.42. The van der Waals surface area contributed by atoms with Crippen LogP contribution in [0.15, 0.2) is 280 Å². The van der Waals surface area contributed by atoms with Gasteiger partial charge in [0, 0.05) is 39.9 Å². The summed E-state index contributed by atoms with van der Waals surface area (Å²) in [5, 5.41) is 64.8. The molecular formula is C100H79F7N12O11. The molecule has 2 fully saturated rings. The molecule has 0 radical (unpaired) electrons. The minimum absolute atomic E-state index is 0.0618. The highest BCUT2D eigenvalue weighted by atomic mass is 19.2. The second-order valence-corrected chi connectivity index (χ2v) is 30.1. The molecule has 0 aliphatic heterocycles. The quantitative estimate of drug-likeness (QED) is 0.0265. The molecule has 11 N–H and O–H groups in total. The largest absolute Gasteiger partial charge is 0.478 e. The lowest BCUT2D eigenvalue weighted by Crippen LogP contribution is -2.25. The predicted octanol–water partition coefficient (Wildman–Crippen LogP) is 23.3. The van der Waals surface area contributed by atoms with Crippen molar-refractivity contribution < 1.29 is 85.0 Å². The number of aromatic nitrogens is 6. The number of benzene rings is 9. The Hall–Kier alpha value is -16.8. The Kier molecular flexibility index (Phi) is 28.9. The van der Waals surface area contributed by atoms with Crippen LogP contribution in [0.1, 0.15) is 122 Å². The van der Waals surface area contributed by atoms with Crippen molar-refractivity contribution in [1.29, 1.82) is 0 Å². The molecule has 2 aliphatic rings. The molecule has 6 aromatic heterocycles. The Bertz CT molecular complexity index is 6710. The first-order chi connectivity index (χ1) is 62.4. The Morgan fingerprint density at radius 3 is 1.07 bits per heavy atom. The van der Waals surface area contributed by atoms with Crippen LogP contribution in [-0.4, -0.2) is 97.2 Å². The lowest BCUT2D eigenvalue weighted by molar-refractivity contribution is 0.0687. The molecule has 130 heavy (non-hydrogen) atoms. The van der Waals surface area contributed by atoms with Crippen molar-refractivity contribution in [1.82, 2.24) is 35.2 Å². The van der Waals surface area contributed by atoms with Crippen LogP contribution in [-0.2, 0) is 0 Å². The van der Waals surface area contributed by atoms with Gasteiger partial charge in [-0.1, -0.05) is 76.9 Å². The maximum Gasteiger partial charge on any atom is 0.337 e. The fourth-order valence-corrected chi connectivity index (χ4v) is 13.2. The fourth-order valence-electron chi connectivity index (χ4n) is 13.2.